The molecule has 0 atom stereocenters. The molecular formula is C21H18F3N3O2. The maximum Gasteiger partial charge on any atom is 0.419 e. The highest BCUT2D eigenvalue weighted by Gasteiger charge is 2.37. The third-order valence-corrected chi connectivity index (χ3v) is 5.51. The number of amides is 1. The van der Waals surface area contributed by atoms with Crippen LogP contribution in [0.4, 0.5) is 13.2 Å². The highest BCUT2D eigenvalue weighted by Crippen LogP contribution is 2.35. The molecule has 4 rings (SSSR count). The molecule has 1 aliphatic heterocycles. The van der Waals surface area contributed by atoms with E-state index in [1.807, 2.05) is 29.2 Å². The number of alkyl halides is 3. The second kappa shape index (κ2) is 7.39. The number of hydrogen-bond acceptors (Lipinski definition) is 4. The molecule has 0 radical (unpaired) electrons. The van der Waals surface area contributed by atoms with Gasteiger partial charge in [0.1, 0.15) is 11.8 Å². The normalized spacial score (nSPS) is 21.6. The van der Waals surface area contributed by atoms with Crippen LogP contribution in [-0.2, 0) is 12.7 Å². The van der Waals surface area contributed by atoms with E-state index in [0.717, 1.165) is 36.2 Å². The Balaban J connectivity index is 1.39. The standard InChI is InChI=1S/C21H18F3N3O2/c22-21(23,24)18-9-16(11-26-19(18)10-25)29-15-7-5-14(6-8-15)27-12-13-3-1-2-4-17(13)20(27)28/h1-4,9,11,14-15H,5-8,12H2/t14-,15-. The first-order chi connectivity index (χ1) is 13.9. The van der Waals surface area contributed by atoms with E-state index in [-0.39, 0.29) is 23.8 Å². The number of hydrogen-bond donors (Lipinski definition) is 0. The van der Waals surface area contributed by atoms with Crippen molar-refractivity contribution in [3.05, 3.63) is 58.9 Å². The fourth-order valence-corrected chi connectivity index (χ4v) is 4.05. The summed E-state index contributed by atoms with van der Waals surface area (Å²) in [5.74, 6) is 0.0421. The van der Waals surface area contributed by atoms with Gasteiger partial charge < -0.3 is 9.64 Å². The number of pyridine rings is 1. The van der Waals surface area contributed by atoms with Crippen LogP contribution < -0.4 is 4.74 Å². The lowest BCUT2D eigenvalue weighted by atomic mass is 9.92. The Morgan fingerprint density at radius 2 is 1.90 bits per heavy atom. The average molecular weight is 401 g/mol. The summed E-state index contributed by atoms with van der Waals surface area (Å²) in [5.41, 5.74) is 0.0145. The maximum absolute atomic E-state index is 13.1. The van der Waals surface area contributed by atoms with Crippen LogP contribution in [0.25, 0.3) is 0 Å². The third kappa shape index (κ3) is 3.77. The first-order valence-electron chi connectivity index (χ1n) is 9.39. The van der Waals surface area contributed by atoms with Gasteiger partial charge in [0.05, 0.1) is 17.9 Å². The summed E-state index contributed by atoms with van der Waals surface area (Å²) in [5, 5.41) is 8.83. The minimum Gasteiger partial charge on any atom is -0.489 e. The van der Waals surface area contributed by atoms with Gasteiger partial charge in [-0.05, 0) is 43.4 Å². The van der Waals surface area contributed by atoms with Crippen LogP contribution in [0.5, 0.6) is 5.75 Å². The highest BCUT2D eigenvalue weighted by molar-refractivity contribution is 5.98. The first kappa shape index (κ1) is 19.2. The van der Waals surface area contributed by atoms with Crippen molar-refractivity contribution < 1.29 is 22.7 Å². The Kier molecular flexibility index (Phi) is 4.91. The van der Waals surface area contributed by atoms with Crippen LogP contribution >= 0.6 is 0 Å². The molecule has 1 saturated carbocycles. The molecule has 1 aromatic heterocycles. The predicted molar refractivity (Wildman–Crippen MR) is 96.9 cm³/mol. The van der Waals surface area contributed by atoms with Crippen molar-refractivity contribution in [2.75, 3.05) is 0 Å². The summed E-state index contributed by atoms with van der Waals surface area (Å²) in [7, 11) is 0. The molecule has 0 N–H and O–H groups in total. The maximum atomic E-state index is 13.1. The third-order valence-electron chi connectivity index (χ3n) is 5.51. The summed E-state index contributed by atoms with van der Waals surface area (Å²) in [4.78, 5) is 18.1. The molecule has 0 saturated heterocycles. The van der Waals surface area contributed by atoms with Crippen molar-refractivity contribution in [3.8, 4) is 11.8 Å². The smallest absolute Gasteiger partial charge is 0.419 e. The Morgan fingerprint density at radius 1 is 1.17 bits per heavy atom. The van der Waals surface area contributed by atoms with Gasteiger partial charge in [-0.1, -0.05) is 18.2 Å². The molecule has 150 valence electrons. The summed E-state index contributed by atoms with van der Waals surface area (Å²) < 4.78 is 45.0. The fraction of sp³-hybridized carbons (Fsp3) is 0.381. The van der Waals surface area contributed by atoms with Gasteiger partial charge in [-0.15, -0.1) is 0 Å². The molecule has 1 aliphatic carbocycles. The zero-order valence-corrected chi connectivity index (χ0v) is 15.4. The zero-order valence-electron chi connectivity index (χ0n) is 15.4. The number of benzene rings is 1. The van der Waals surface area contributed by atoms with E-state index in [1.54, 1.807) is 0 Å². The van der Waals surface area contributed by atoms with E-state index in [1.165, 1.54) is 6.07 Å². The lowest BCUT2D eigenvalue weighted by molar-refractivity contribution is -0.138. The summed E-state index contributed by atoms with van der Waals surface area (Å²) in [6, 6.07) is 9.95. The lowest BCUT2D eigenvalue weighted by Crippen LogP contribution is -2.40. The van der Waals surface area contributed by atoms with Crippen LogP contribution in [-0.4, -0.2) is 27.9 Å². The van der Waals surface area contributed by atoms with Gasteiger partial charge in [0, 0.05) is 18.2 Å². The Hall–Kier alpha value is -3.08. The van der Waals surface area contributed by atoms with Gasteiger partial charge in [0.25, 0.3) is 5.91 Å². The number of carbonyl (C=O) groups is 1. The van der Waals surface area contributed by atoms with Crippen LogP contribution in [0.3, 0.4) is 0 Å². The quantitative estimate of drug-likeness (QED) is 0.768. The number of aromatic nitrogens is 1. The van der Waals surface area contributed by atoms with Crippen LogP contribution in [0.15, 0.2) is 36.5 Å². The SMILES string of the molecule is N#Cc1ncc(O[C@H]2CC[C@H](N3Cc4ccccc4C3=O)CC2)cc1C(F)(F)F. The summed E-state index contributed by atoms with van der Waals surface area (Å²) in [6.45, 7) is 0.597. The van der Waals surface area contributed by atoms with Crippen molar-refractivity contribution in [3.63, 3.8) is 0 Å². The molecule has 2 heterocycles. The van der Waals surface area contributed by atoms with E-state index >= 15 is 0 Å². The number of halogens is 3. The molecule has 29 heavy (non-hydrogen) atoms. The van der Waals surface area contributed by atoms with Crippen LogP contribution in [0.1, 0.15) is 52.9 Å². The van der Waals surface area contributed by atoms with Crippen molar-refractivity contribution in [2.45, 2.75) is 50.6 Å². The number of ether oxygens (including phenoxy) is 1. The lowest BCUT2D eigenvalue weighted by Gasteiger charge is -2.34. The van der Waals surface area contributed by atoms with Crippen molar-refractivity contribution in [2.24, 2.45) is 0 Å². The highest BCUT2D eigenvalue weighted by atomic mass is 19.4. The van der Waals surface area contributed by atoms with Gasteiger partial charge in [0.2, 0.25) is 0 Å². The van der Waals surface area contributed by atoms with E-state index in [4.69, 9.17) is 10.00 Å². The minimum absolute atomic E-state index is 0.00410. The van der Waals surface area contributed by atoms with E-state index in [0.29, 0.717) is 19.4 Å². The van der Waals surface area contributed by atoms with E-state index < -0.39 is 17.4 Å². The van der Waals surface area contributed by atoms with Crippen molar-refractivity contribution in [1.82, 2.24) is 9.88 Å². The summed E-state index contributed by atoms with van der Waals surface area (Å²) in [6.07, 6.45) is -1.05. The molecule has 1 amide bonds. The number of nitrogens with zero attached hydrogens (tertiary/aromatic N) is 3. The Labute approximate surface area is 165 Å². The second-order valence-electron chi connectivity index (χ2n) is 7.32. The second-order valence-corrected chi connectivity index (χ2v) is 7.32. The van der Waals surface area contributed by atoms with Crippen molar-refractivity contribution in [1.29, 1.82) is 5.26 Å². The first-order valence-corrected chi connectivity index (χ1v) is 9.39. The molecule has 1 aromatic carbocycles. The van der Waals surface area contributed by atoms with Crippen LogP contribution in [0, 0.1) is 11.3 Å². The average Bonchev–Trinajstić information content (AvgIpc) is 3.05. The van der Waals surface area contributed by atoms with Gasteiger partial charge in [-0.2, -0.15) is 18.4 Å². The number of fused-ring (bicyclic) bond motifs is 1. The molecule has 0 bridgehead atoms. The number of rotatable bonds is 3. The minimum atomic E-state index is -4.67. The topological polar surface area (TPSA) is 66.2 Å². The molecule has 5 nitrogen and oxygen atoms in total. The van der Waals surface area contributed by atoms with E-state index in [2.05, 4.69) is 4.98 Å². The van der Waals surface area contributed by atoms with Crippen molar-refractivity contribution >= 4 is 5.91 Å². The van der Waals surface area contributed by atoms with Gasteiger partial charge in [-0.25, -0.2) is 4.98 Å². The molecule has 1 fully saturated rings. The van der Waals surface area contributed by atoms with Crippen LogP contribution in [0.2, 0.25) is 0 Å². The molecular weight excluding hydrogens is 383 g/mol. The molecule has 8 heteroatoms. The zero-order chi connectivity index (χ0) is 20.6. The van der Waals surface area contributed by atoms with Gasteiger partial charge in [-0.3, -0.25) is 4.79 Å². The number of nitriles is 1. The largest absolute Gasteiger partial charge is 0.489 e. The van der Waals surface area contributed by atoms with E-state index in [9.17, 15) is 18.0 Å². The molecule has 0 unspecified atom stereocenters. The van der Waals surface area contributed by atoms with Gasteiger partial charge >= 0.3 is 6.18 Å². The predicted octanol–water partition coefficient (Wildman–Crippen LogP) is 4.32. The molecule has 0 spiro atoms. The van der Waals surface area contributed by atoms with Gasteiger partial charge in [0.15, 0.2) is 5.69 Å². The number of carbonyl (C=O) groups excluding carboxylic acids is 1. The molecule has 2 aliphatic rings. The monoisotopic (exact) mass is 401 g/mol. The summed E-state index contributed by atoms with van der Waals surface area (Å²) >= 11 is 0. The Morgan fingerprint density at radius 3 is 2.55 bits per heavy atom. The fourth-order valence-electron chi connectivity index (χ4n) is 4.05. The Bertz CT molecular complexity index is 976. The molecule has 2 aromatic rings.